The Morgan fingerprint density at radius 2 is 1.69 bits per heavy atom. The smallest absolute Gasteiger partial charge is 0.338 e. The largest absolute Gasteiger partial charge is 0.449 e. The fourth-order valence-electron chi connectivity index (χ4n) is 2.44. The van der Waals surface area contributed by atoms with Gasteiger partial charge in [-0.15, -0.1) is 0 Å². The Morgan fingerprint density at radius 1 is 1.10 bits per heavy atom. The van der Waals surface area contributed by atoms with Crippen molar-refractivity contribution in [1.82, 2.24) is 4.90 Å². The molecule has 0 spiro atoms. The number of nitrogens with zero attached hydrogens (tertiary/aromatic N) is 2. The second-order valence-electron chi connectivity index (χ2n) is 6.46. The van der Waals surface area contributed by atoms with Gasteiger partial charge in [0.2, 0.25) is 5.91 Å². The first-order valence-corrected chi connectivity index (χ1v) is 8.74. The molecule has 1 N–H and O–H groups in total. The zero-order valence-electron chi connectivity index (χ0n) is 16.2. The maximum Gasteiger partial charge on any atom is 0.338 e. The van der Waals surface area contributed by atoms with Crippen molar-refractivity contribution in [3.8, 4) is 0 Å². The molecule has 0 saturated carbocycles. The van der Waals surface area contributed by atoms with Gasteiger partial charge in [0.05, 0.1) is 17.0 Å². The quantitative estimate of drug-likeness (QED) is 0.434. The second-order valence-corrected chi connectivity index (χ2v) is 6.46. The lowest BCUT2D eigenvalue weighted by molar-refractivity contribution is -0.384. The van der Waals surface area contributed by atoms with Crippen LogP contribution in [0.15, 0.2) is 48.5 Å². The Labute approximate surface area is 167 Å². The van der Waals surface area contributed by atoms with Crippen LogP contribution < -0.4 is 5.32 Å². The molecule has 0 aliphatic heterocycles. The van der Waals surface area contributed by atoms with Crippen molar-refractivity contribution in [2.24, 2.45) is 0 Å². The Kier molecular flexibility index (Phi) is 7.02. The van der Waals surface area contributed by atoms with E-state index in [9.17, 15) is 24.5 Å². The molecule has 0 fully saturated rings. The fraction of sp³-hybridized carbons (Fsp3) is 0.250. The summed E-state index contributed by atoms with van der Waals surface area (Å²) in [6.07, 6.45) is -1.13. The van der Waals surface area contributed by atoms with Crippen LogP contribution in [0.4, 0.5) is 11.4 Å². The number of aryl methyl sites for hydroxylation is 1. The van der Waals surface area contributed by atoms with Gasteiger partial charge in [-0.2, -0.15) is 0 Å². The molecule has 0 radical (unpaired) electrons. The lowest BCUT2D eigenvalue weighted by Crippen LogP contribution is -2.41. The van der Waals surface area contributed by atoms with E-state index in [1.807, 2.05) is 19.1 Å². The van der Waals surface area contributed by atoms with Crippen LogP contribution in [0, 0.1) is 17.0 Å². The third-order valence-electron chi connectivity index (χ3n) is 4.04. The SMILES string of the molecule is Cc1ccc(NC(=O)CN(C)C(=O)[C@@H](C)OC(=O)c2ccc([N+](=O)[O-])cc2)cc1. The van der Waals surface area contributed by atoms with Crippen LogP contribution >= 0.6 is 0 Å². The summed E-state index contributed by atoms with van der Waals surface area (Å²) in [6.45, 7) is 3.10. The second kappa shape index (κ2) is 9.45. The number of ether oxygens (including phenoxy) is 1. The van der Waals surface area contributed by atoms with Gasteiger partial charge in [0.25, 0.3) is 11.6 Å². The number of anilines is 1. The molecule has 0 aromatic heterocycles. The van der Waals surface area contributed by atoms with Crippen LogP contribution in [-0.4, -0.2) is 47.3 Å². The summed E-state index contributed by atoms with van der Waals surface area (Å²) in [4.78, 5) is 47.8. The molecule has 0 aliphatic carbocycles. The first-order valence-electron chi connectivity index (χ1n) is 8.74. The third-order valence-corrected chi connectivity index (χ3v) is 4.04. The normalized spacial score (nSPS) is 11.3. The van der Waals surface area contributed by atoms with E-state index in [0.717, 1.165) is 10.5 Å². The molecule has 9 heteroatoms. The van der Waals surface area contributed by atoms with Crippen molar-refractivity contribution in [2.75, 3.05) is 18.9 Å². The predicted octanol–water partition coefficient (Wildman–Crippen LogP) is 2.55. The van der Waals surface area contributed by atoms with E-state index in [4.69, 9.17) is 4.74 Å². The van der Waals surface area contributed by atoms with Crippen molar-refractivity contribution < 1.29 is 24.0 Å². The molecule has 9 nitrogen and oxygen atoms in total. The molecule has 2 aromatic rings. The van der Waals surface area contributed by atoms with E-state index in [2.05, 4.69) is 5.32 Å². The number of rotatable bonds is 7. The molecule has 152 valence electrons. The number of esters is 1. The summed E-state index contributed by atoms with van der Waals surface area (Å²) in [5.74, 6) is -1.74. The van der Waals surface area contributed by atoms with Crippen LogP contribution in [0.25, 0.3) is 0 Å². The number of non-ortho nitro benzene ring substituents is 1. The number of nitro groups is 1. The van der Waals surface area contributed by atoms with Gasteiger partial charge in [-0.1, -0.05) is 17.7 Å². The number of likely N-dealkylation sites (N-methyl/N-ethyl adjacent to an activating group) is 1. The topological polar surface area (TPSA) is 119 Å². The monoisotopic (exact) mass is 399 g/mol. The van der Waals surface area contributed by atoms with Crippen molar-refractivity contribution in [2.45, 2.75) is 20.0 Å². The Bertz CT molecular complexity index is 909. The number of hydrogen-bond acceptors (Lipinski definition) is 6. The van der Waals surface area contributed by atoms with Gasteiger partial charge >= 0.3 is 5.97 Å². The van der Waals surface area contributed by atoms with Crippen LogP contribution in [0.1, 0.15) is 22.8 Å². The van der Waals surface area contributed by atoms with Crippen molar-refractivity contribution in [3.05, 3.63) is 69.8 Å². The summed E-state index contributed by atoms with van der Waals surface area (Å²) in [5, 5.41) is 13.3. The van der Waals surface area contributed by atoms with E-state index < -0.39 is 28.8 Å². The highest BCUT2D eigenvalue weighted by atomic mass is 16.6. The minimum Gasteiger partial charge on any atom is -0.449 e. The molecule has 2 amide bonds. The molecule has 1 atom stereocenters. The van der Waals surface area contributed by atoms with E-state index >= 15 is 0 Å². The average molecular weight is 399 g/mol. The number of hydrogen-bond donors (Lipinski definition) is 1. The molecule has 0 saturated heterocycles. The standard InChI is InChI=1S/C20H21N3O6/c1-13-4-8-16(9-5-13)21-18(24)12-22(3)19(25)14(2)29-20(26)15-6-10-17(11-7-15)23(27)28/h4-11,14H,12H2,1-3H3,(H,21,24)/t14-/m1/s1. The number of carbonyl (C=O) groups excluding carboxylic acids is 3. The van der Waals surface area contributed by atoms with Gasteiger partial charge < -0.3 is 15.0 Å². The molecule has 29 heavy (non-hydrogen) atoms. The van der Waals surface area contributed by atoms with Crippen LogP contribution in [0.2, 0.25) is 0 Å². The molecular weight excluding hydrogens is 378 g/mol. The summed E-state index contributed by atoms with van der Waals surface area (Å²) in [7, 11) is 1.42. The Balaban J connectivity index is 1.89. The summed E-state index contributed by atoms with van der Waals surface area (Å²) >= 11 is 0. The number of nitro benzene ring substituents is 1. The summed E-state index contributed by atoms with van der Waals surface area (Å²) < 4.78 is 5.10. The minimum absolute atomic E-state index is 0.0787. The van der Waals surface area contributed by atoms with Crippen molar-refractivity contribution >= 4 is 29.2 Å². The lowest BCUT2D eigenvalue weighted by atomic mass is 10.2. The zero-order valence-corrected chi connectivity index (χ0v) is 16.2. The van der Waals surface area contributed by atoms with Gasteiger partial charge in [-0.05, 0) is 38.1 Å². The molecule has 0 heterocycles. The first-order chi connectivity index (χ1) is 13.7. The predicted molar refractivity (Wildman–Crippen MR) is 105 cm³/mol. The molecule has 0 aliphatic rings. The van der Waals surface area contributed by atoms with Crippen LogP contribution in [0.3, 0.4) is 0 Å². The molecule has 0 bridgehead atoms. The Hall–Kier alpha value is -3.75. The average Bonchev–Trinajstić information content (AvgIpc) is 2.68. The van der Waals surface area contributed by atoms with Crippen LogP contribution in [-0.2, 0) is 14.3 Å². The van der Waals surface area contributed by atoms with E-state index in [-0.39, 0.29) is 17.8 Å². The van der Waals surface area contributed by atoms with E-state index in [0.29, 0.717) is 5.69 Å². The maximum absolute atomic E-state index is 12.4. The van der Waals surface area contributed by atoms with Gasteiger partial charge in [0.15, 0.2) is 6.10 Å². The van der Waals surface area contributed by atoms with E-state index in [1.54, 1.807) is 12.1 Å². The maximum atomic E-state index is 12.4. The number of amides is 2. The van der Waals surface area contributed by atoms with Gasteiger partial charge in [0.1, 0.15) is 0 Å². The highest BCUT2D eigenvalue weighted by Gasteiger charge is 2.24. The number of carbonyl (C=O) groups is 3. The van der Waals surface area contributed by atoms with Crippen molar-refractivity contribution in [3.63, 3.8) is 0 Å². The minimum atomic E-state index is -1.13. The lowest BCUT2D eigenvalue weighted by Gasteiger charge is -2.21. The van der Waals surface area contributed by atoms with Gasteiger partial charge in [-0.3, -0.25) is 19.7 Å². The van der Waals surface area contributed by atoms with Gasteiger partial charge in [-0.25, -0.2) is 4.79 Å². The number of benzene rings is 2. The number of nitrogens with one attached hydrogen (secondary N) is 1. The highest BCUT2D eigenvalue weighted by molar-refractivity contribution is 5.96. The summed E-state index contributed by atoms with van der Waals surface area (Å²) in [5.41, 5.74) is 1.58. The first kappa shape index (κ1) is 21.5. The van der Waals surface area contributed by atoms with Gasteiger partial charge in [0, 0.05) is 24.9 Å². The third kappa shape index (κ3) is 6.13. The Morgan fingerprint density at radius 3 is 2.24 bits per heavy atom. The molecule has 0 unspecified atom stereocenters. The van der Waals surface area contributed by atoms with Crippen molar-refractivity contribution in [1.29, 1.82) is 0 Å². The fourth-order valence-corrected chi connectivity index (χ4v) is 2.44. The highest BCUT2D eigenvalue weighted by Crippen LogP contribution is 2.14. The zero-order chi connectivity index (χ0) is 21.6. The summed E-state index contributed by atoms with van der Waals surface area (Å²) in [6, 6.07) is 12.0. The molecular formula is C20H21N3O6. The van der Waals surface area contributed by atoms with E-state index in [1.165, 1.54) is 38.2 Å². The molecule has 2 rings (SSSR count). The van der Waals surface area contributed by atoms with Crippen LogP contribution in [0.5, 0.6) is 0 Å². The molecule has 2 aromatic carbocycles.